The van der Waals surface area contributed by atoms with Crippen molar-refractivity contribution in [1.29, 1.82) is 0 Å². The Hall–Kier alpha value is -5.05. The third kappa shape index (κ3) is 3.68. The lowest BCUT2D eigenvalue weighted by Crippen LogP contribution is -2.30. The number of aromatic nitrogens is 4. The number of nitrogen functional groups attached to an aromatic ring is 1. The van der Waals surface area contributed by atoms with Gasteiger partial charge < -0.3 is 15.6 Å². The van der Waals surface area contributed by atoms with Crippen LogP contribution in [0, 0.1) is 0 Å². The van der Waals surface area contributed by atoms with Crippen LogP contribution in [0.15, 0.2) is 78.0 Å². The average Bonchev–Trinajstić information content (AvgIpc) is 3.45. The van der Waals surface area contributed by atoms with E-state index in [4.69, 9.17) is 5.73 Å². The van der Waals surface area contributed by atoms with Gasteiger partial charge in [-0.05, 0) is 42.3 Å². The molecule has 1 aliphatic rings. The van der Waals surface area contributed by atoms with Gasteiger partial charge in [-0.3, -0.25) is 19.0 Å². The highest BCUT2D eigenvalue weighted by Crippen LogP contribution is 2.32. The van der Waals surface area contributed by atoms with Gasteiger partial charge in [0.15, 0.2) is 5.78 Å². The van der Waals surface area contributed by atoms with E-state index in [0.717, 1.165) is 22.2 Å². The van der Waals surface area contributed by atoms with Crippen molar-refractivity contribution in [1.82, 2.24) is 19.1 Å². The van der Waals surface area contributed by atoms with Crippen molar-refractivity contribution in [3.8, 4) is 16.8 Å². The third-order valence-electron chi connectivity index (χ3n) is 6.69. The van der Waals surface area contributed by atoms with Crippen molar-refractivity contribution in [2.45, 2.75) is 12.8 Å². The van der Waals surface area contributed by atoms with Gasteiger partial charge in [-0.1, -0.05) is 30.3 Å². The Morgan fingerprint density at radius 3 is 2.49 bits per heavy atom. The molecule has 0 bridgehead atoms. The number of hydrogen-bond donors (Lipinski definition) is 2. The summed E-state index contributed by atoms with van der Waals surface area (Å²) in [5.74, 6) is -0.261. The zero-order chi connectivity index (χ0) is 25.7. The summed E-state index contributed by atoms with van der Waals surface area (Å²) in [6.07, 6.45) is 4.14. The van der Waals surface area contributed by atoms with Crippen LogP contribution in [0.4, 0.5) is 11.5 Å². The first kappa shape index (κ1) is 22.4. The molecule has 0 unspecified atom stereocenters. The second kappa shape index (κ2) is 8.56. The van der Waals surface area contributed by atoms with Crippen molar-refractivity contribution in [3.63, 3.8) is 0 Å². The molecule has 3 N–H and O–H groups in total. The van der Waals surface area contributed by atoms with Crippen molar-refractivity contribution >= 4 is 34.2 Å². The lowest BCUT2D eigenvalue weighted by Gasteiger charge is -2.14. The van der Waals surface area contributed by atoms with Crippen LogP contribution in [0.5, 0.6) is 0 Å². The molecule has 0 saturated carbocycles. The molecule has 182 valence electrons. The molecule has 5 aromatic rings. The number of ketones is 1. The van der Waals surface area contributed by atoms with Crippen LogP contribution in [0.25, 0.3) is 27.8 Å². The zero-order valence-corrected chi connectivity index (χ0v) is 19.9. The number of benzene rings is 2. The maximum absolute atomic E-state index is 13.4. The molecule has 3 aromatic heterocycles. The number of para-hydroxylation sites is 1. The molecule has 0 saturated heterocycles. The van der Waals surface area contributed by atoms with E-state index in [1.165, 1.54) is 17.0 Å². The van der Waals surface area contributed by atoms with Crippen molar-refractivity contribution in [2.75, 3.05) is 11.1 Å². The number of amides is 1. The van der Waals surface area contributed by atoms with Crippen LogP contribution < -0.4 is 16.6 Å². The van der Waals surface area contributed by atoms with E-state index in [0.29, 0.717) is 41.3 Å². The maximum atomic E-state index is 13.4. The molecule has 2 aromatic carbocycles. The molecule has 6 rings (SSSR count). The van der Waals surface area contributed by atoms with Crippen LogP contribution in [-0.4, -0.2) is 30.8 Å². The summed E-state index contributed by atoms with van der Waals surface area (Å²) in [6.45, 7) is 0. The van der Waals surface area contributed by atoms with Gasteiger partial charge in [-0.25, -0.2) is 9.97 Å². The number of Topliss-reactive ketones (excluding diaryl/α,β-unsaturated/α-hetero) is 1. The van der Waals surface area contributed by atoms with Gasteiger partial charge in [0.25, 0.3) is 11.5 Å². The van der Waals surface area contributed by atoms with E-state index in [9.17, 15) is 14.4 Å². The maximum Gasteiger partial charge on any atom is 0.268 e. The number of nitrogens with two attached hydrogens (primary N) is 1. The van der Waals surface area contributed by atoms with Gasteiger partial charge in [0.2, 0.25) is 0 Å². The van der Waals surface area contributed by atoms with Crippen molar-refractivity contribution in [2.24, 2.45) is 7.05 Å². The van der Waals surface area contributed by atoms with E-state index in [-0.39, 0.29) is 11.3 Å². The normalized spacial score (nSPS) is 12.6. The molecule has 37 heavy (non-hydrogen) atoms. The van der Waals surface area contributed by atoms with E-state index in [1.54, 1.807) is 24.3 Å². The summed E-state index contributed by atoms with van der Waals surface area (Å²) >= 11 is 0. The molecule has 3 heterocycles. The quantitative estimate of drug-likeness (QED) is 0.395. The van der Waals surface area contributed by atoms with Crippen LogP contribution in [0.1, 0.15) is 32.8 Å². The molecule has 0 radical (unpaired) electrons. The Bertz CT molecular complexity index is 1770. The number of anilines is 2. The minimum absolute atomic E-state index is 0.0728. The second-order valence-corrected chi connectivity index (χ2v) is 8.96. The molecular weight excluding hydrogens is 468 g/mol. The SMILES string of the molecule is Cn1cc(-c2ccc(NC(=O)c3cc4c(n(-c5ccccc5)c3=O)CCC4=O)cc2)c2c(N)ncnc21. The fraction of sp³-hybridized carbons (Fsp3) is 0.107. The molecule has 0 aliphatic heterocycles. The number of aryl methyl sites for hydroxylation is 1. The van der Waals surface area contributed by atoms with Gasteiger partial charge in [0.1, 0.15) is 23.4 Å². The summed E-state index contributed by atoms with van der Waals surface area (Å²) in [5, 5.41) is 3.55. The van der Waals surface area contributed by atoms with Gasteiger partial charge >= 0.3 is 0 Å². The minimum Gasteiger partial charge on any atom is -0.383 e. The van der Waals surface area contributed by atoms with Crippen LogP contribution in [0.3, 0.4) is 0 Å². The second-order valence-electron chi connectivity index (χ2n) is 8.96. The predicted molar refractivity (Wildman–Crippen MR) is 141 cm³/mol. The highest BCUT2D eigenvalue weighted by molar-refractivity contribution is 6.07. The Labute approximate surface area is 211 Å². The van der Waals surface area contributed by atoms with Gasteiger partial charge in [-0.15, -0.1) is 0 Å². The standard InChI is InChI=1S/C28H22N6O3/c1-33-14-21(24-25(29)30-15-31-26(24)33)16-7-9-17(10-8-16)32-27(36)20-13-19-22(11-12-23(19)35)34(28(20)37)18-5-3-2-4-6-18/h2-10,13-15H,11-12H2,1H3,(H,32,36)(H2,29,30,31). The Kier molecular flexibility index (Phi) is 5.19. The lowest BCUT2D eigenvalue weighted by atomic mass is 10.1. The number of nitrogens with one attached hydrogen (secondary N) is 1. The van der Waals surface area contributed by atoms with Gasteiger partial charge in [0.05, 0.1) is 5.39 Å². The number of rotatable bonds is 4. The molecule has 9 heteroatoms. The van der Waals surface area contributed by atoms with E-state index >= 15 is 0 Å². The fourth-order valence-corrected chi connectivity index (χ4v) is 4.91. The summed E-state index contributed by atoms with van der Waals surface area (Å²) < 4.78 is 3.36. The molecule has 0 fully saturated rings. The fourth-order valence-electron chi connectivity index (χ4n) is 4.91. The van der Waals surface area contributed by atoms with Crippen molar-refractivity contribution < 1.29 is 9.59 Å². The van der Waals surface area contributed by atoms with E-state index in [1.807, 2.05) is 48.1 Å². The zero-order valence-electron chi connectivity index (χ0n) is 19.9. The third-order valence-corrected chi connectivity index (χ3v) is 6.69. The highest BCUT2D eigenvalue weighted by atomic mass is 16.2. The number of carbonyl (C=O) groups is 2. The van der Waals surface area contributed by atoms with Crippen LogP contribution in [-0.2, 0) is 13.5 Å². The first-order chi connectivity index (χ1) is 17.9. The predicted octanol–water partition coefficient (Wildman–Crippen LogP) is 3.75. The first-order valence-electron chi connectivity index (χ1n) is 11.8. The largest absolute Gasteiger partial charge is 0.383 e. The highest BCUT2D eigenvalue weighted by Gasteiger charge is 2.28. The molecule has 1 aliphatic carbocycles. The topological polar surface area (TPSA) is 125 Å². The first-order valence-corrected chi connectivity index (χ1v) is 11.8. The lowest BCUT2D eigenvalue weighted by molar-refractivity contribution is 0.0994. The monoisotopic (exact) mass is 490 g/mol. The van der Waals surface area contributed by atoms with Crippen molar-refractivity contribution in [3.05, 3.63) is 100 Å². The summed E-state index contributed by atoms with van der Waals surface area (Å²) in [7, 11) is 1.89. The minimum atomic E-state index is -0.576. The number of pyridine rings is 1. The Balaban J connectivity index is 1.35. The smallest absolute Gasteiger partial charge is 0.268 e. The molecule has 9 nitrogen and oxygen atoms in total. The molecule has 1 amide bonds. The number of fused-ring (bicyclic) bond motifs is 2. The molecule has 0 spiro atoms. The van der Waals surface area contributed by atoms with E-state index in [2.05, 4.69) is 15.3 Å². The summed E-state index contributed by atoms with van der Waals surface area (Å²) in [6, 6.07) is 17.7. The Morgan fingerprint density at radius 1 is 0.973 bits per heavy atom. The number of hydrogen-bond acceptors (Lipinski definition) is 6. The van der Waals surface area contributed by atoms with Crippen LogP contribution in [0.2, 0.25) is 0 Å². The molecule has 0 atom stereocenters. The summed E-state index contributed by atoms with van der Waals surface area (Å²) in [5.41, 5.74) is 10.2. The molecular formula is C28H22N6O3. The summed E-state index contributed by atoms with van der Waals surface area (Å²) in [4.78, 5) is 47.6. The van der Waals surface area contributed by atoms with Crippen LogP contribution >= 0.6 is 0 Å². The van der Waals surface area contributed by atoms with Gasteiger partial charge in [-0.2, -0.15) is 0 Å². The van der Waals surface area contributed by atoms with Gasteiger partial charge in [0, 0.05) is 47.9 Å². The average molecular weight is 491 g/mol. The Morgan fingerprint density at radius 2 is 1.73 bits per heavy atom. The number of carbonyl (C=O) groups excluding carboxylic acids is 2. The number of nitrogens with zero attached hydrogens (tertiary/aromatic N) is 4. The van der Waals surface area contributed by atoms with E-state index < -0.39 is 11.5 Å².